The summed E-state index contributed by atoms with van der Waals surface area (Å²) in [4.78, 5) is 29.9. The highest BCUT2D eigenvalue weighted by molar-refractivity contribution is 6.20. The van der Waals surface area contributed by atoms with Crippen LogP contribution in [-0.4, -0.2) is 37.4 Å². The zero-order valence-electron chi connectivity index (χ0n) is 18.4. The Kier molecular flexibility index (Phi) is 5.68. The summed E-state index contributed by atoms with van der Waals surface area (Å²) >= 11 is 0. The van der Waals surface area contributed by atoms with Crippen molar-refractivity contribution in [2.45, 2.75) is 26.8 Å². The molecule has 0 radical (unpaired) electrons. The highest BCUT2D eigenvalue weighted by Gasteiger charge is 2.20. The van der Waals surface area contributed by atoms with Gasteiger partial charge < -0.3 is 15.0 Å². The number of allylic oxidation sites excluding steroid dienone is 2. The van der Waals surface area contributed by atoms with Gasteiger partial charge in [0.05, 0.1) is 29.9 Å². The Bertz CT molecular complexity index is 1310. The molecule has 0 unspecified atom stereocenters. The third-order valence-corrected chi connectivity index (χ3v) is 5.36. The van der Waals surface area contributed by atoms with Crippen molar-refractivity contribution >= 4 is 22.4 Å². The third kappa shape index (κ3) is 3.82. The summed E-state index contributed by atoms with van der Waals surface area (Å²) in [5, 5.41) is 0. The molecule has 0 aliphatic rings. The number of fused-ring (bicyclic) bond motifs is 1. The maximum Gasteiger partial charge on any atom is 0.316 e. The van der Waals surface area contributed by atoms with Gasteiger partial charge in [0.1, 0.15) is 0 Å². The van der Waals surface area contributed by atoms with E-state index >= 15 is 0 Å². The van der Waals surface area contributed by atoms with Crippen molar-refractivity contribution in [2.75, 3.05) is 7.11 Å². The molecule has 32 heavy (non-hydrogen) atoms. The van der Waals surface area contributed by atoms with E-state index in [0.29, 0.717) is 22.8 Å². The van der Waals surface area contributed by atoms with E-state index in [1.54, 1.807) is 31.7 Å². The summed E-state index contributed by atoms with van der Waals surface area (Å²) in [6, 6.07) is 7.99. The molecule has 4 aromatic rings. The third-order valence-electron chi connectivity index (χ3n) is 5.36. The van der Waals surface area contributed by atoms with E-state index in [9.17, 15) is 4.79 Å². The predicted octanol–water partition coefficient (Wildman–Crippen LogP) is 3.78. The molecule has 0 spiro atoms. The molecular formula is C24H24N6O2. The van der Waals surface area contributed by atoms with Gasteiger partial charge in [-0.3, -0.25) is 14.8 Å². The summed E-state index contributed by atoms with van der Waals surface area (Å²) in [5.74, 6) is -0.106. The summed E-state index contributed by atoms with van der Waals surface area (Å²) in [6.45, 7) is 5.29. The van der Waals surface area contributed by atoms with Gasteiger partial charge in [0.25, 0.3) is 0 Å². The van der Waals surface area contributed by atoms with Crippen molar-refractivity contribution in [1.29, 1.82) is 0 Å². The summed E-state index contributed by atoms with van der Waals surface area (Å²) in [7, 11) is 1.53. The van der Waals surface area contributed by atoms with E-state index in [4.69, 9.17) is 15.5 Å². The number of hydrogen-bond donors (Lipinski definition) is 1. The molecule has 0 aromatic carbocycles. The lowest BCUT2D eigenvalue weighted by molar-refractivity contribution is -0.111. The van der Waals surface area contributed by atoms with Crippen molar-refractivity contribution in [3.63, 3.8) is 0 Å². The number of Topliss-reactive ketones (excluding diaryl/α,β-unsaturated/α-hetero) is 1. The number of methoxy groups -OCH3 is 1. The Hall–Kier alpha value is -4.07. The molecule has 162 valence electrons. The SMILES string of the molecule is COc1ncc(-c2cn([C@@H](C)c3ccccn3)c3cc(/C(C(C)=O)=C(\C)N)cnc23)cn1. The molecule has 1 atom stereocenters. The lowest BCUT2D eigenvalue weighted by Gasteiger charge is -2.15. The second-order valence-electron chi connectivity index (χ2n) is 7.54. The zero-order valence-corrected chi connectivity index (χ0v) is 18.4. The number of rotatable bonds is 6. The largest absolute Gasteiger partial charge is 0.467 e. The first-order chi connectivity index (χ1) is 15.4. The van der Waals surface area contributed by atoms with Gasteiger partial charge in [-0.15, -0.1) is 0 Å². The second-order valence-corrected chi connectivity index (χ2v) is 7.54. The number of aromatic nitrogens is 5. The van der Waals surface area contributed by atoms with Crippen LogP contribution in [0.25, 0.3) is 27.7 Å². The van der Waals surface area contributed by atoms with Crippen LogP contribution < -0.4 is 10.5 Å². The molecule has 4 aromatic heterocycles. The van der Waals surface area contributed by atoms with Gasteiger partial charge in [-0.25, -0.2) is 9.97 Å². The highest BCUT2D eigenvalue weighted by Crippen LogP contribution is 2.34. The standard InChI is InChI=1S/C24H24N6O2/c1-14(25)22(16(3)31)17-9-21-23(27-10-17)19(18-11-28-24(32-4)29-12-18)13-30(21)15(2)20-7-5-6-8-26-20/h5-13,15H,25H2,1-4H3/b22-14+/t15-/m0/s1. The Morgan fingerprint density at radius 3 is 2.44 bits per heavy atom. The van der Waals surface area contributed by atoms with Gasteiger partial charge in [-0.1, -0.05) is 6.07 Å². The summed E-state index contributed by atoms with van der Waals surface area (Å²) in [5.41, 5.74) is 11.8. The number of hydrogen-bond acceptors (Lipinski definition) is 7. The minimum atomic E-state index is -0.106. The van der Waals surface area contributed by atoms with Crippen molar-refractivity contribution < 1.29 is 9.53 Å². The molecule has 8 heteroatoms. The van der Waals surface area contributed by atoms with E-state index in [2.05, 4.69) is 26.4 Å². The number of ether oxygens (including phenoxy) is 1. The van der Waals surface area contributed by atoms with Gasteiger partial charge >= 0.3 is 6.01 Å². The molecule has 0 amide bonds. The lowest BCUT2D eigenvalue weighted by atomic mass is 10.0. The van der Waals surface area contributed by atoms with E-state index < -0.39 is 0 Å². The Balaban J connectivity index is 1.96. The molecule has 0 saturated heterocycles. The van der Waals surface area contributed by atoms with E-state index in [1.165, 1.54) is 14.0 Å². The summed E-state index contributed by atoms with van der Waals surface area (Å²) in [6.07, 6.45) is 8.87. The van der Waals surface area contributed by atoms with E-state index in [0.717, 1.165) is 27.9 Å². The number of nitrogens with zero attached hydrogens (tertiary/aromatic N) is 5. The lowest BCUT2D eigenvalue weighted by Crippen LogP contribution is -2.08. The van der Waals surface area contributed by atoms with Crippen LogP contribution in [0.4, 0.5) is 0 Å². The van der Waals surface area contributed by atoms with Crippen molar-refractivity contribution in [3.8, 4) is 17.1 Å². The highest BCUT2D eigenvalue weighted by atomic mass is 16.5. The fraction of sp³-hybridized carbons (Fsp3) is 0.208. The number of carbonyl (C=O) groups is 1. The number of carbonyl (C=O) groups excluding carboxylic acids is 1. The maximum absolute atomic E-state index is 12.2. The van der Waals surface area contributed by atoms with Crippen LogP contribution in [0.15, 0.2) is 60.9 Å². The minimum absolute atomic E-state index is 0.0765. The summed E-state index contributed by atoms with van der Waals surface area (Å²) < 4.78 is 7.18. The average molecular weight is 428 g/mol. The van der Waals surface area contributed by atoms with E-state index in [1.807, 2.05) is 30.5 Å². The van der Waals surface area contributed by atoms with Gasteiger partial charge in [0, 0.05) is 58.9 Å². The Labute approximate surface area is 185 Å². The number of pyridine rings is 2. The van der Waals surface area contributed by atoms with Crippen LogP contribution in [0.2, 0.25) is 0 Å². The van der Waals surface area contributed by atoms with Crippen LogP contribution in [0.3, 0.4) is 0 Å². The fourth-order valence-electron chi connectivity index (χ4n) is 3.83. The fourth-order valence-corrected chi connectivity index (χ4v) is 3.83. The molecule has 0 fully saturated rings. The number of nitrogens with two attached hydrogens (primary N) is 1. The topological polar surface area (TPSA) is 109 Å². The first-order valence-electron chi connectivity index (χ1n) is 10.2. The maximum atomic E-state index is 12.2. The predicted molar refractivity (Wildman–Crippen MR) is 123 cm³/mol. The molecule has 2 N–H and O–H groups in total. The van der Waals surface area contributed by atoms with E-state index in [-0.39, 0.29) is 11.8 Å². The quantitative estimate of drug-likeness (QED) is 0.465. The first kappa shape index (κ1) is 21.2. The zero-order chi connectivity index (χ0) is 22.8. The molecule has 0 bridgehead atoms. The van der Waals surface area contributed by atoms with Crippen LogP contribution in [0, 0.1) is 0 Å². The van der Waals surface area contributed by atoms with Crippen LogP contribution >= 0.6 is 0 Å². The molecule has 8 nitrogen and oxygen atoms in total. The monoisotopic (exact) mass is 428 g/mol. The van der Waals surface area contributed by atoms with Gasteiger partial charge in [-0.05, 0) is 39.0 Å². The van der Waals surface area contributed by atoms with Crippen molar-refractivity contribution in [1.82, 2.24) is 24.5 Å². The smallest absolute Gasteiger partial charge is 0.316 e. The normalized spacial score (nSPS) is 13.0. The van der Waals surface area contributed by atoms with Gasteiger partial charge in [0.15, 0.2) is 5.78 Å². The van der Waals surface area contributed by atoms with Crippen LogP contribution in [0.1, 0.15) is 38.1 Å². The van der Waals surface area contributed by atoms with Crippen molar-refractivity contribution in [2.24, 2.45) is 5.73 Å². The molecule has 4 heterocycles. The molecule has 0 aliphatic carbocycles. The molecule has 4 rings (SSSR count). The van der Waals surface area contributed by atoms with Crippen LogP contribution in [0.5, 0.6) is 6.01 Å². The number of ketones is 1. The van der Waals surface area contributed by atoms with Gasteiger partial charge in [-0.2, -0.15) is 0 Å². The first-order valence-corrected chi connectivity index (χ1v) is 10.2. The average Bonchev–Trinajstić information content (AvgIpc) is 3.17. The van der Waals surface area contributed by atoms with Gasteiger partial charge in [0.2, 0.25) is 0 Å². The Morgan fingerprint density at radius 1 is 1.09 bits per heavy atom. The molecular weight excluding hydrogens is 404 g/mol. The molecule has 0 aliphatic heterocycles. The molecule has 0 saturated carbocycles. The Morgan fingerprint density at radius 2 is 1.84 bits per heavy atom. The minimum Gasteiger partial charge on any atom is -0.467 e. The van der Waals surface area contributed by atoms with Crippen LogP contribution in [-0.2, 0) is 4.79 Å². The van der Waals surface area contributed by atoms with Crippen molar-refractivity contribution in [3.05, 3.63) is 72.2 Å². The second kappa shape index (κ2) is 8.58.